The van der Waals surface area contributed by atoms with Gasteiger partial charge in [0.1, 0.15) is 0 Å². The molecule has 0 spiro atoms. The van der Waals surface area contributed by atoms with Crippen LogP contribution in [0.1, 0.15) is 32.3 Å². The van der Waals surface area contributed by atoms with E-state index in [4.69, 9.17) is 29.0 Å². The van der Waals surface area contributed by atoms with Gasteiger partial charge >= 0.3 is 0 Å². The second-order valence-electron chi connectivity index (χ2n) is 4.57. The third-order valence-electron chi connectivity index (χ3n) is 3.09. The van der Waals surface area contributed by atoms with Gasteiger partial charge in [0, 0.05) is 6.04 Å². The molecule has 17 heavy (non-hydrogen) atoms. The van der Waals surface area contributed by atoms with Gasteiger partial charge in [0.05, 0.1) is 10.0 Å². The molecule has 0 amide bonds. The minimum atomic E-state index is 0.280. The van der Waals surface area contributed by atoms with Crippen LogP contribution < -0.4 is 11.3 Å². The van der Waals surface area contributed by atoms with Gasteiger partial charge in [-0.05, 0) is 36.5 Å². The van der Waals surface area contributed by atoms with Crippen LogP contribution in [0.15, 0.2) is 18.2 Å². The van der Waals surface area contributed by atoms with Crippen molar-refractivity contribution in [3.05, 3.63) is 33.8 Å². The maximum absolute atomic E-state index is 5.99. The Hall–Kier alpha value is -0.280. The fraction of sp³-hybridized carbons (Fsp3) is 0.538. The first-order valence-corrected chi connectivity index (χ1v) is 6.72. The highest BCUT2D eigenvalue weighted by atomic mass is 35.5. The highest BCUT2D eigenvalue weighted by Crippen LogP contribution is 2.24. The van der Waals surface area contributed by atoms with Crippen LogP contribution in [-0.2, 0) is 6.42 Å². The molecule has 2 nitrogen and oxygen atoms in total. The minimum absolute atomic E-state index is 0.280. The maximum atomic E-state index is 5.99. The van der Waals surface area contributed by atoms with Crippen molar-refractivity contribution in [1.29, 1.82) is 0 Å². The van der Waals surface area contributed by atoms with Crippen LogP contribution >= 0.6 is 23.2 Å². The van der Waals surface area contributed by atoms with Gasteiger partial charge in [0.15, 0.2) is 0 Å². The average molecular weight is 275 g/mol. The predicted octanol–water partition coefficient (Wildman–Crippen LogP) is 3.80. The Morgan fingerprint density at radius 2 is 2.00 bits per heavy atom. The fourth-order valence-corrected chi connectivity index (χ4v) is 2.13. The summed E-state index contributed by atoms with van der Waals surface area (Å²) in [4.78, 5) is 0. The molecule has 1 aromatic rings. The second-order valence-corrected chi connectivity index (χ2v) is 5.38. The van der Waals surface area contributed by atoms with Gasteiger partial charge in [0.2, 0.25) is 0 Å². The van der Waals surface area contributed by atoms with Crippen molar-refractivity contribution in [2.45, 2.75) is 39.2 Å². The minimum Gasteiger partial charge on any atom is -0.271 e. The van der Waals surface area contributed by atoms with E-state index in [9.17, 15) is 0 Å². The van der Waals surface area contributed by atoms with Crippen LogP contribution in [0.3, 0.4) is 0 Å². The van der Waals surface area contributed by atoms with Crippen LogP contribution in [-0.4, -0.2) is 6.04 Å². The SMILES string of the molecule is CCC(C)CC(Cc1ccc(Cl)c(Cl)c1)NN. The average Bonchev–Trinajstić information content (AvgIpc) is 2.32. The van der Waals surface area contributed by atoms with E-state index in [1.165, 1.54) is 6.42 Å². The van der Waals surface area contributed by atoms with Crippen molar-refractivity contribution in [1.82, 2.24) is 5.43 Å². The Morgan fingerprint density at radius 3 is 2.53 bits per heavy atom. The zero-order valence-corrected chi connectivity index (χ0v) is 11.9. The standard InChI is InChI=1S/C13H20Cl2N2/c1-3-9(2)6-11(17-16)7-10-4-5-12(14)13(15)8-10/h4-5,8-9,11,17H,3,6-7,16H2,1-2H3. The molecule has 0 radical (unpaired) electrons. The van der Waals surface area contributed by atoms with E-state index in [1.54, 1.807) is 0 Å². The van der Waals surface area contributed by atoms with Crippen LogP contribution in [0.2, 0.25) is 10.0 Å². The summed E-state index contributed by atoms with van der Waals surface area (Å²) in [6.07, 6.45) is 3.10. The summed E-state index contributed by atoms with van der Waals surface area (Å²) >= 11 is 11.9. The Labute approximate surface area is 113 Å². The van der Waals surface area contributed by atoms with Crippen LogP contribution in [0.4, 0.5) is 0 Å². The summed E-state index contributed by atoms with van der Waals surface area (Å²) in [7, 11) is 0. The molecule has 96 valence electrons. The molecule has 1 rings (SSSR count). The van der Waals surface area contributed by atoms with Crippen molar-refractivity contribution < 1.29 is 0 Å². The van der Waals surface area contributed by atoms with Crippen LogP contribution in [0.5, 0.6) is 0 Å². The number of benzene rings is 1. The highest BCUT2D eigenvalue weighted by molar-refractivity contribution is 6.42. The first kappa shape index (κ1) is 14.8. The summed E-state index contributed by atoms with van der Waals surface area (Å²) in [6, 6.07) is 6.01. The van der Waals surface area contributed by atoms with Crippen LogP contribution in [0.25, 0.3) is 0 Å². The number of nitrogens with one attached hydrogen (secondary N) is 1. The summed E-state index contributed by atoms with van der Waals surface area (Å²) in [5, 5.41) is 1.19. The topological polar surface area (TPSA) is 38.0 Å². The molecule has 1 aromatic carbocycles. The van der Waals surface area contributed by atoms with Crippen molar-refractivity contribution in [2.75, 3.05) is 0 Å². The van der Waals surface area contributed by atoms with Gasteiger partial charge in [-0.15, -0.1) is 0 Å². The molecule has 0 saturated carbocycles. The van der Waals surface area contributed by atoms with E-state index in [0.29, 0.717) is 16.0 Å². The number of rotatable bonds is 6. The van der Waals surface area contributed by atoms with Gasteiger partial charge < -0.3 is 0 Å². The molecule has 0 fully saturated rings. The smallest absolute Gasteiger partial charge is 0.0595 e. The van der Waals surface area contributed by atoms with Crippen LogP contribution in [0, 0.1) is 5.92 Å². The van der Waals surface area contributed by atoms with E-state index in [2.05, 4.69) is 19.3 Å². The van der Waals surface area contributed by atoms with Gasteiger partial charge in [0.25, 0.3) is 0 Å². The lowest BCUT2D eigenvalue weighted by atomic mass is 9.95. The van der Waals surface area contributed by atoms with Crippen molar-refractivity contribution >= 4 is 23.2 Å². The summed E-state index contributed by atoms with van der Waals surface area (Å²) in [5.74, 6) is 6.25. The number of hydrogen-bond donors (Lipinski definition) is 2. The molecule has 0 bridgehead atoms. The summed E-state index contributed by atoms with van der Waals surface area (Å²) < 4.78 is 0. The Kier molecular flexibility index (Phi) is 6.28. The largest absolute Gasteiger partial charge is 0.271 e. The molecule has 0 aliphatic heterocycles. The van der Waals surface area contributed by atoms with Crippen molar-refractivity contribution in [2.24, 2.45) is 11.8 Å². The van der Waals surface area contributed by atoms with Crippen molar-refractivity contribution in [3.63, 3.8) is 0 Å². The van der Waals surface area contributed by atoms with Gasteiger partial charge in [-0.25, -0.2) is 0 Å². The van der Waals surface area contributed by atoms with Crippen molar-refractivity contribution in [3.8, 4) is 0 Å². The maximum Gasteiger partial charge on any atom is 0.0595 e. The van der Waals surface area contributed by atoms with E-state index >= 15 is 0 Å². The summed E-state index contributed by atoms with van der Waals surface area (Å²) in [6.45, 7) is 4.43. The molecule has 3 N–H and O–H groups in total. The van der Waals surface area contributed by atoms with E-state index in [0.717, 1.165) is 18.4 Å². The quantitative estimate of drug-likeness (QED) is 0.612. The molecule has 0 heterocycles. The first-order chi connectivity index (χ1) is 8.06. The number of halogens is 2. The Morgan fingerprint density at radius 1 is 1.29 bits per heavy atom. The van der Waals surface area contributed by atoms with Gasteiger partial charge in [-0.1, -0.05) is 49.5 Å². The predicted molar refractivity (Wildman–Crippen MR) is 75.3 cm³/mol. The molecule has 2 unspecified atom stereocenters. The van der Waals surface area contributed by atoms with E-state index < -0.39 is 0 Å². The molecule has 4 heteroatoms. The Bertz CT molecular complexity index is 355. The monoisotopic (exact) mass is 274 g/mol. The van der Waals surface area contributed by atoms with Gasteiger partial charge in [-0.2, -0.15) is 0 Å². The molecule has 0 saturated heterocycles. The lowest BCUT2D eigenvalue weighted by Crippen LogP contribution is -2.38. The summed E-state index contributed by atoms with van der Waals surface area (Å²) in [5.41, 5.74) is 4.03. The molecular formula is C13H20Cl2N2. The number of hydrogen-bond acceptors (Lipinski definition) is 2. The molecule has 2 atom stereocenters. The highest BCUT2D eigenvalue weighted by Gasteiger charge is 2.12. The second kappa shape index (κ2) is 7.22. The fourth-order valence-electron chi connectivity index (χ4n) is 1.81. The van der Waals surface area contributed by atoms with E-state index in [-0.39, 0.29) is 6.04 Å². The third-order valence-corrected chi connectivity index (χ3v) is 3.82. The number of nitrogens with two attached hydrogens (primary N) is 1. The zero-order valence-electron chi connectivity index (χ0n) is 10.3. The zero-order chi connectivity index (χ0) is 12.8. The molecule has 0 aliphatic rings. The first-order valence-electron chi connectivity index (χ1n) is 5.96. The molecule has 0 aromatic heterocycles. The molecule has 0 aliphatic carbocycles. The van der Waals surface area contributed by atoms with Gasteiger partial charge in [-0.3, -0.25) is 11.3 Å². The van der Waals surface area contributed by atoms with E-state index in [1.807, 2.05) is 18.2 Å². The lowest BCUT2D eigenvalue weighted by molar-refractivity contribution is 0.396. The number of hydrazine groups is 1. The third kappa shape index (κ3) is 4.84. The molecular weight excluding hydrogens is 255 g/mol. The Balaban J connectivity index is 2.63. The normalized spacial score (nSPS) is 14.6. The lowest BCUT2D eigenvalue weighted by Gasteiger charge is -2.19.